The van der Waals surface area contributed by atoms with Crippen LogP contribution in [-0.2, 0) is 10.4 Å². The van der Waals surface area contributed by atoms with Gasteiger partial charge in [0.05, 0.1) is 7.11 Å². The second-order valence-corrected chi connectivity index (χ2v) is 4.08. The van der Waals surface area contributed by atoms with Gasteiger partial charge in [-0.05, 0) is 11.6 Å². The van der Waals surface area contributed by atoms with Crippen LogP contribution in [0.3, 0.4) is 0 Å². The molecule has 2 aromatic carbocycles. The zero-order chi connectivity index (χ0) is 13.9. The van der Waals surface area contributed by atoms with E-state index in [1.54, 1.807) is 54.6 Å². The highest BCUT2D eigenvalue weighted by molar-refractivity contribution is 5.84. The van der Waals surface area contributed by atoms with Crippen molar-refractivity contribution in [3.05, 3.63) is 65.7 Å². The lowest BCUT2D eigenvalue weighted by atomic mass is 9.86. The first kappa shape index (κ1) is 13.1. The van der Waals surface area contributed by atoms with Crippen molar-refractivity contribution < 1.29 is 19.7 Å². The first-order valence-corrected chi connectivity index (χ1v) is 5.75. The Morgan fingerprint density at radius 1 is 1.05 bits per heavy atom. The molecule has 0 aliphatic rings. The molecule has 0 aromatic heterocycles. The van der Waals surface area contributed by atoms with Gasteiger partial charge in [0.2, 0.25) is 5.60 Å². The van der Waals surface area contributed by atoms with Gasteiger partial charge in [0.15, 0.2) is 0 Å². The third kappa shape index (κ3) is 2.18. The van der Waals surface area contributed by atoms with Gasteiger partial charge in [-0.1, -0.05) is 48.5 Å². The predicted octanol–water partition coefficient (Wildman–Crippen LogP) is 2.02. The number of aliphatic carboxylic acids is 1. The number of para-hydroxylation sites is 1. The van der Waals surface area contributed by atoms with E-state index in [1.807, 2.05) is 0 Å². The van der Waals surface area contributed by atoms with Crippen LogP contribution >= 0.6 is 0 Å². The minimum Gasteiger partial charge on any atom is -0.496 e. The number of rotatable bonds is 4. The van der Waals surface area contributed by atoms with Gasteiger partial charge in [-0.15, -0.1) is 0 Å². The Kier molecular flexibility index (Phi) is 3.53. The van der Waals surface area contributed by atoms with Crippen molar-refractivity contribution >= 4 is 5.97 Å². The van der Waals surface area contributed by atoms with Crippen LogP contribution in [0.1, 0.15) is 11.1 Å². The van der Waals surface area contributed by atoms with Gasteiger partial charge in [0.25, 0.3) is 0 Å². The monoisotopic (exact) mass is 258 g/mol. The summed E-state index contributed by atoms with van der Waals surface area (Å²) in [7, 11) is 1.44. The second kappa shape index (κ2) is 5.12. The van der Waals surface area contributed by atoms with E-state index in [4.69, 9.17) is 4.74 Å². The number of benzene rings is 2. The molecule has 98 valence electrons. The molecule has 2 N–H and O–H groups in total. The standard InChI is InChI=1S/C15H14O4/c1-19-13-10-6-5-9-12(13)15(18,14(16)17)11-7-3-2-4-8-11/h2-10,18H,1H3,(H,16,17). The van der Waals surface area contributed by atoms with E-state index in [-0.39, 0.29) is 11.1 Å². The van der Waals surface area contributed by atoms with Crippen LogP contribution in [0.2, 0.25) is 0 Å². The molecule has 1 unspecified atom stereocenters. The molecule has 0 bridgehead atoms. The topological polar surface area (TPSA) is 66.8 Å². The van der Waals surface area contributed by atoms with Gasteiger partial charge in [-0.2, -0.15) is 0 Å². The average molecular weight is 258 g/mol. The zero-order valence-corrected chi connectivity index (χ0v) is 10.4. The molecule has 1 atom stereocenters. The molecule has 0 aliphatic heterocycles. The molecular weight excluding hydrogens is 244 g/mol. The maximum absolute atomic E-state index is 11.6. The van der Waals surface area contributed by atoms with E-state index in [9.17, 15) is 15.0 Å². The van der Waals surface area contributed by atoms with Crippen molar-refractivity contribution in [1.29, 1.82) is 0 Å². The first-order valence-electron chi connectivity index (χ1n) is 5.75. The van der Waals surface area contributed by atoms with Crippen molar-refractivity contribution in [1.82, 2.24) is 0 Å². The molecule has 0 aliphatic carbocycles. The Morgan fingerprint density at radius 2 is 1.63 bits per heavy atom. The Bertz CT molecular complexity index is 580. The van der Waals surface area contributed by atoms with Gasteiger partial charge in [0.1, 0.15) is 5.75 Å². The number of hydrogen-bond acceptors (Lipinski definition) is 3. The fraction of sp³-hybridized carbons (Fsp3) is 0.133. The summed E-state index contributed by atoms with van der Waals surface area (Å²) in [6.45, 7) is 0. The lowest BCUT2D eigenvalue weighted by Crippen LogP contribution is -2.37. The quantitative estimate of drug-likeness (QED) is 0.880. The minimum atomic E-state index is -2.13. The van der Waals surface area contributed by atoms with Crippen LogP contribution in [-0.4, -0.2) is 23.3 Å². The van der Waals surface area contributed by atoms with E-state index in [2.05, 4.69) is 0 Å². The first-order chi connectivity index (χ1) is 9.10. The molecule has 0 saturated carbocycles. The van der Waals surface area contributed by atoms with E-state index in [0.29, 0.717) is 5.75 Å². The van der Waals surface area contributed by atoms with Crippen molar-refractivity contribution in [3.63, 3.8) is 0 Å². The number of methoxy groups -OCH3 is 1. The highest BCUT2D eigenvalue weighted by atomic mass is 16.5. The van der Waals surface area contributed by atoms with E-state index >= 15 is 0 Å². The van der Waals surface area contributed by atoms with Gasteiger partial charge >= 0.3 is 5.97 Å². The average Bonchev–Trinajstić information content (AvgIpc) is 2.47. The summed E-state index contributed by atoms with van der Waals surface area (Å²) in [5.41, 5.74) is -1.64. The van der Waals surface area contributed by atoms with Crippen molar-refractivity contribution in [3.8, 4) is 5.75 Å². The smallest absolute Gasteiger partial charge is 0.345 e. The third-order valence-corrected chi connectivity index (χ3v) is 3.00. The second-order valence-electron chi connectivity index (χ2n) is 4.08. The van der Waals surface area contributed by atoms with Crippen molar-refractivity contribution in [2.75, 3.05) is 7.11 Å². The Hall–Kier alpha value is -2.33. The molecule has 0 heterocycles. The van der Waals surface area contributed by atoms with Crippen LogP contribution in [0.25, 0.3) is 0 Å². The van der Waals surface area contributed by atoms with E-state index in [0.717, 1.165) is 0 Å². The number of carboxylic acid groups (broad SMARTS) is 1. The molecule has 2 aromatic rings. The highest BCUT2D eigenvalue weighted by Gasteiger charge is 2.42. The van der Waals surface area contributed by atoms with Gasteiger partial charge < -0.3 is 14.9 Å². The lowest BCUT2D eigenvalue weighted by Gasteiger charge is -2.26. The highest BCUT2D eigenvalue weighted by Crippen LogP contribution is 2.35. The molecule has 0 radical (unpaired) electrons. The summed E-state index contributed by atoms with van der Waals surface area (Å²) in [5.74, 6) is -1.01. The summed E-state index contributed by atoms with van der Waals surface area (Å²) in [5, 5.41) is 20.1. The molecule has 0 spiro atoms. The van der Waals surface area contributed by atoms with Crippen LogP contribution < -0.4 is 4.74 Å². The van der Waals surface area contributed by atoms with Crippen molar-refractivity contribution in [2.24, 2.45) is 0 Å². The fourth-order valence-electron chi connectivity index (χ4n) is 2.02. The Labute approximate surface area is 110 Å². The van der Waals surface area contributed by atoms with E-state index < -0.39 is 11.6 Å². The molecule has 0 fully saturated rings. The van der Waals surface area contributed by atoms with Crippen molar-refractivity contribution in [2.45, 2.75) is 5.60 Å². The van der Waals surface area contributed by atoms with Gasteiger partial charge in [-0.25, -0.2) is 4.79 Å². The molecule has 0 saturated heterocycles. The van der Waals surface area contributed by atoms with Crippen LogP contribution in [0.4, 0.5) is 0 Å². The molecule has 19 heavy (non-hydrogen) atoms. The summed E-state index contributed by atoms with van der Waals surface area (Å²) >= 11 is 0. The van der Waals surface area contributed by atoms with Crippen LogP contribution in [0.5, 0.6) is 5.75 Å². The summed E-state index contributed by atoms with van der Waals surface area (Å²) in [6.07, 6.45) is 0. The Morgan fingerprint density at radius 3 is 2.21 bits per heavy atom. The lowest BCUT2D eigenvalue weighted by molar-refractivity contribution is -0.155. The number of aliphatic hydroxyl groups is 1. The fourth-order valence-corrected chi connectivity index (χ4v) is 2.02. The molecule has 4 nitrogen and oxygen atoms in total. The Balaban J connectivity index is 2.67. The molecule has 0 amide bonds. The largest absolute Gasteiger partial charge is 0.496 e. The van der Waals surface area contributed by atoms with Gasteiger partial charge in [0, 0.05) is 5.56 Å². The molecule has 4 heteroatoms. The van der Waals surface area contributed by atoms with Crippen LogP contribution in [0.15, 0.2) is 54.6 Å². The molecule has 2 rings (SSSR count). The summed E-state index contributed by atoms with van der Waals surface area (Å²) in [4.78, 5) is 11.6. The number of carboxylic acids is 1. The number of carbonyl (C=O) groups is 1. The summed E-state index contributed by atoms with van der Waals surface area (Å²) in [6, 6.07) is 14.8. The number of ether oxygens (including phenoxy) is 1. The normalized spacial score (nSPS) is 13.6. The van der Waals surface area contributed by atoms with Gasteiger partial charge in [-0.3, -0.25) is 0 Å². The maximum atomic E-state index is 11.6. The zero-order valence-electron chi connectivity index (χ0n) is 10.4. The van der Waals surface area contributed by atoms with E-state index in [1.165, 1.54) is 7.11 Å². The van der Waals surface area contributed by atoms with Crippen LogP contribution in [0, 0.1) is 0 Å². The SMILES string of the molecule is COc1ccccc1C(O)(C(=O)O)c1ccccc1. The minimum absolute atomic E-state index is 0.205. The molecular formula is C15H14O4. The summed E-state index contributed by atoms with van der Waals surface area (Å²) < 4.78 is 5.14. The predicted molar refractivity (Wildman–Crippen MR) is 70.1 cm³/mol. The third-order valence-electron chi connectivity index (χ3n) is 3.00. The maximum Gasteiger partial charge on any atom is 0.345 e. The number of hydrogen-bond donors (Lipinski definition) is 2.